The first kappa shape index (κ1) is 9.52. The zero-order valence-corrected chi connectivity index (χ0v) is 9.16. The van der Waals surface area contributed by atoms with E-state index < -0.39 is 7.26 Å². The van der Waals surface area contributed by atoms with Crippen molar-refractivity contribution in [1.82, 2.24) is 0 Å². The van der Waals surface area contributed by atoms with E-state index in [0.29, 0.717) is 0 Å². The SMILES string of the molecule is CCCC1CCC[P+]1(C)CC. The third-order valence-corrected chi connectivity index (χ3v) is 8.49. The van der Waals surface area contributed by atoms with Crippen LogP contribution in [0.2, 0.25) is 0 Å². The molecule has 0 N–H and O–H groups in total. The lowest BCUT2D eigenvalue weighted by Gasteiger charge is -2.23. The van der Waals surface area contributed by atoms with Crippen LogP contribution < -0.4 is 0 Å². The van der Waals surface area contributed by atoms with E-state index in [1.807, 2.05) is 0 Å². The van der Waals surface area contributed by atoms with Gasteiger partial charge in [0.05, 0.1) is 18.0 Å². The molecule has 1 aliphatic rings. The summed E-state index contributed by atoms with van der Waals surface area (Å²) in [6.45, 7) is 7.33. The summed E-state index contributed by atoms with van der Waals surface area (Å²) in [5, 5.41) is 0. The van der Waals surface area contributed by atoms with Gasteiger partial charge in [-0.15, -0.1) is 0 Å². The summed E-state index contributed by atoms with van der Waals surface area (Å²) in [6.07, 6.45) is 9.08. The molecular formula is C10H22P+. The molecule has 0 aliphatic carbocycles. The summed E-state index contributed by atoms with van der Waals surface area (Å²) < 4.78 is 0. The first-order valence-corrected chi connectivity index (χ1v) is 7.74. The summed E-state index contributed by atoms with van der Waals surface area (Å²) in [6, 6.07) is 0. The first-order valence-electron chi connectivity index (χ1n) is 5.07. The van der Waals surface area contributed by atoms with E-state index in [9.17, 15) is 0 Å². The Balaban J connectivity index is 2.49. The highest BCUT2D eigenvalue weighted by Gasteiger charge is 2.42. The molecule has 0 aromatic heterocycles. The van der Waals surface area contributed by atoms with Crippen molar-refractivity contribution in [3.63, 3.8) is 0 Å². The van der Waals surface area contributed by atoms with Gasteiger partial charge in [-0.2, -0.15) is 0 Å². The van der Waals surface area contributed by atoms with Gasteiger partial charge < -0.3 is 0 Å². The predicted molar refractivity (Wildman–Crippen MR) is 56.2 cm³/mol. The van der Waals surface area contributed by atoms with Crippen LogP contribution in [0.5, 0.6) is 0 Å². The van der Waals surface area contributed by atoms with Crippen LogP contribution in [-0.4, -0.2) is 24.6 Å². The third kappa shape index (κ3) is 1.96. The molecule has 1 fully saturated rings. The molecule has 0 radical (unpaired) electrons. The molecule has 1 heterocycles. The van der Waals surface area contributed by atoms with E-state index in [4.69, 9.17) is 0 Å². The van der Waals surface area contributed by atoms with Gasteiger partial charge in [0.15, 0.2) is 0 Å². The zero-order chi connectivity index (χ0) is 8.32. The smallest absolute Gasteiger partial charge is 0.0652 e. The van der Waals surface area contributed by atoms with Crippen molar-refractivity contribution in [1.29, 1.82) is 0 Å². The summed E-state index contributed by atoms with van der Waals surface area (Å²) in [5.41, 5.74) is 1.15. The van der Waals surface area contributed by atoms with Crippen LogP contribution in [0.4, 0.5) is 0 Å². The third-order valence-electron chi connectivity index (χ3n) is 3.43. The fraction of sp³-hybridized carbons (Fsp3) is 1.00. The molecule has 0 aromatic rings. The molecule has 1 saturated heterocycles. The monoisotopic (exact) mass is 173 g/mol. The van der Waals surface area contributed by atoms with E-state index in [1.165, 1.54) is 25.4 Å². The molecule has 2 atom stereocenters. The van der Waals surface area contributed by atoms with Crippen LogP contribution in [0.3, 0.4) is 0 Å². The minimum absolute atomic E-state index is 0.428. The zero-order valence-electron chi connectivity index (χ0n) is 8.27. The maximum Gasteiger partial charge on any atom is 0.0696 e. The van der Waals surface area contributed by atoms with Gasteiger partial charge in [0, 0.05) is 13.9 Å². The quantitative estimate of drug-likeness (QED) is 0.572. The largest absolute Gasteiger partial charge is 0.0696 e. The fourth-order valence-electron chi connectivity index (χ4n) is 2.39. The molecule has 1 aliphatic heterocycles. The van der Waals surface area contributed by atoms with Crippen molar-refractivity contribution >= 4 is 7.26 Å². The van der Waals surface area contributed by atoms with Gasteiger partial charge in [-0.1, -0.05) is 13.3 Å². The van der Waals surface area contributed by atoms with E-state index in [2.05, 4.69) is 20.5 Å². The number of rotatable bonds is 3. The Kier molecular flexibility index (Phi) is 3.37. The van der Waals surface area contributed by atoms with Crippen molar-refractivity contribution in [3.05, 3.63) is 0 Å². The molecule has 0 spiro atoms. The lowest BCUT2D eigenvalue weighted by atomic mass is 10.2. The van der Waals surface area contributed by atoms with Gasteiger partial charge in [-0.05, 0) is 26.2 Å². The van der Waals surface area contributed by atoms with Crippen molar-refractivity contribution in [2.75, 3.05) is 19.0 Å². The summed E-state index contributed by atoms with van der Waals surface area (Å²) in [4.78, 5) is 0. The molecule has 0 nitrogen and oxygen atoms in total. The van der Waals surface area contributed by atoms with Gasteiger partial charge in [0.1, 0.15) is 0 Å². The molecule has 0 saturated carbocycles. The Labute approximate surface area is 72.1 Å². The van der Waals surface area contributed by atoms with Crippen molar-refractivity contribution < 1.29 is 0 Å². The normalized spacial score (nSPS) is 37.9. The maximum absolute atomic E-state index is 2.60. The van der Waals surface area contributed by atoms with Gasteiger partial charge in [-0.25, -0.2) is 0 Å². The Hall–Kier alpha value is 0.430. The minimum atomic E-state index is -0.428. The van der Waals surface area contributed by atoms with Crippen LogP contribution in [-0.2, 0) is 0 Å². The highest BCUT2D eigenvalue weighted by atomic mass is 31.2. The molecule has 11 heavy (non-hydrogen) atoms. The van der Waals surface area contributed by atoms with Gasteiger partial charge >= 0.3 is 0 Å². The molecule has 0 amide bonds. The van der Waals surface area contributed by atoms with Crippen LogP contribution >= 0.6 is 7.26 Å². The highest BCUT2D eigenvalue weighted by Crippen LogP contribution is 2.66. The number of hydrogen-bond donors (Lipinski definition) is 0. The second-order valence-electron chi connectivity index (χ2n) is 4.10. The second-order valence-corrected chi connectivity index (χ2v) is 8.87. The molecule has 1 rings (SSSR count). The highest BCUT2D eigenvalue weighted by molar-refractivity contribution is 7.76. The lowest BCUT2D eigenvalue weighted by molar-refractivity contribution is 0.695. The Bertz CT molecular complexity index is 122. The van der Waals surface area contributed by atoms with Crippen molar-refractivity contribution in [3.8, 4) is 0 Å². The number of hydrogen-bond acceptors (Lipinski definition) is 0. The first-order chi connectivity index (χ1) is 5.23. The van der Waals surface area contributed by atoms with Crippen LogP contribution in [0.1, 0.15) is 39.5 Å². The van der Waals surface area contributed by atoms with Crippen LogP contribution in [0.25, 0.3) is 0 Å². The van der Waals surface area contributed by atoms with Gasteiger partial charge in [0.2, 0.25) is 0 Å². The summed E-state index contributed by atoms with van der Waals surface area (Å²) >= 11 is 0. The maximum atomic E-state index is 2.60. The van der Waals surface area contributed by atoms with Crippen molar-refractivity contribution in [2.45, 2.75) is 45.2 Å². The Morgan fingerprint density at radius 3 is 2.64 bits per heavy atom. The van der Waals surface area contributed by atoms with Gasteiger partial charge in [0.25, 0.3) is 0 Å². The topological polar surface area (TPSA) is 0 Å². The van der Waals surface area contributed by atoms with Gasteiger partial charge in [-0.3, -0.25) is 0 Å². The molecule has 2 unspecified atom stereocenters. The molecule has 66 valence electrons. The summed E-state index contributed by atoms with van der Waals surface area (Å²) in [5.74, 6) is 0. The van der Waals surface area contributed by atoms with E-state index >= 15 is 0 Å². The van der Waals surface area contributed by atoms with Crippen molar-refractivity contribution in [2.24, 2.45) is 0 Å². The van der Waals surface area contributed by atoms with E-state index in [-0.39, 0.29) is 0 Å². The summed E-state index contributed by atoms with van der Waals surface area (Å²) in [7, 11) is -0.428. The predicted octanol–water partition coefficient (Wildman–Crippen LogP) is 3.62. The molecule has 1 heteroatoms. The minimum Gasteiger partial charge on any atom is -0.0652 e. The fourth-order valence-corrected chi connectivity index (χ4v) is 6.18. The molecule has 0 bridgehead atoms. The average Bonchev–Trinajstić information content (AvgIpc) is 2.35. The molecule has 0 aromatic carbocycles. The lowest BCUT2D eigenvalue weighted by Crippen LogP contribution is -2.09. The molecular weight excluding hydrogens is 151 g/mol. The van der Waals surface area contributed by atoms with Crippen LogP contribution in [0, 0.1) is 0 Å². The standard InChI is InChI=1S/C10H22P/c1-4-7-10-8-6-9-11(10,3)5-2/h10H,4-9H2,1-3H3/q+1. The Morgan fingerprint density at radius 1 is 1.36 bits per heavy atom. The van der Waals surface area contributed by atoms with E-state index in [0.717, 1.165) is 5.66 Å². The Morgan fingerprint density at radius 2 is 2.09 bits per heavy atom. The average molecular weight is 173 g/mol. The second kappa shape index (κ2) is 3.90. The van der Waals surface area contributed by atoms with E-state index in [1.54, 1.807) is 12.6 Å². The van der Waals surface area contributed by atoms with Crippen LogP contribution in [0.15, 0.2) is 0 Å².